The third-order valence-corrected chi connectivity index (χ3v) is 3.28. The van der Waals surface area contributed by atoms with Crippen molar-refractivity contribution < 1.29 is 13.9 Å². The van der Waals surface area contributed by atoms with Gasteiger partial charge < -0.3 is 14.5 Å². The summed E-state index contributed by atoms with van der Waals surface area (Å²) in [4.78, 5) is 31.4. The predicted octanol–water partition coefficient (Wildman–Crippen LogP) is 2.15. The molecule has 2 aromatic heterocycles. The first-order valence-electron chi connectivity index (χ1n) is 6.79. The summed E-state index contributed by atoms with van der Waals surface area (Å²) in [6.45, 7) is 1.83. The van der Waals surface area contributed by atoms with Gasteiger partial charge in [0.15, 0.2) is 0 Å². The van der Waals surface area contributed by atoms with Gasteiger partial charge in [0.05, 0.1) is 12.7 Å². The lowest BCUT2D eigenvalue weighted by Crippen LogP contribution is -2.13. The van der Waals surface area contributed by atoms with E-state index in [1.54, 1.807) is 18.2 Å². The molecule has 0 aliphatic heterocycles. The van der Waals surface area contributed by atoms with Crippen LogP contribution in [0.1, 0.15) is 15.9 Å². The Kier molecular flexibility index (Phi) is 3.76. The Morgan fingerprint density at radius 1 is 1.22 bits per heavy atom. The summed E-state index contributed by atoms with van der Waals surface area (Å²) >= 11 is 0. The Balaban J connectivity index is 1.88. The van der Waals surface area contributed by atoms with E-state index in [9.17, 15) is 9.59 Å². The molecule has 0 aliphatic rings. The number of anilines is 1. The maximum atomic E-state index is 12.2. The minimum atomic E-state index is -0.429. The highest BCUT2D eigenvalue weighted by atomic mass is 16.5. The van der Waals surface area contributed by atoms with E-state index < -0.39 is 5.63 Å². The van der Waals surface area contributed by atoms with Gasteiger partial charge >= 0.3 is 11.6 Å². The van der Waals surface area contributed by atoms with Crippen molar-refractivity contribution in [1.29, 1.82) is 0 Å². The Bertz CT molecular complexity index is 932. The van der Waals surface area contributed by atoms with Crippen molar-refractivity contribution in [3.8, 4) is 6.01 Å². The lowest BCUT2D eigenvalue weighted by Gasteiger charge is -2.07. The summed E-state index contributed by atoms with van der Waals surface area (Å²) in [5, 5.41) is 3.52. The zero-order valence-corrected chi connectivity index (χ0v) is 12.5. The zero-order chi connectivity index (χ0) is 16.4. The second kappa shape index (κ2) is 5.88. The van der Waals surface area contributed by atoms with Gasteiger partial charge in [0, 0.05) is 35.6 Å². The molecule has 2 heterocycles. The smallest absolute Gasteiger partial charge is 0.336 e. The van der Waals surface area contributed by atoms with Crippen LogP contribution in [0.3, 0.4) is 0 Å². The summed E-state index contributed by atoms with van der Waals surface area (Å²) in [5.41, 5.74) is 1.60. The normalized spacial score (nSPS) is 10.5. The second-order valence-electron chi connectivity index (χ2n) is 4.87. The number of aryl methyl sites for hydroxylation is 1. The number of methoxy groups -OCH3 is 1. The molecule has 7 nitrogen and oxygen atoms in total. The second-order valence-corrected chi connectivity index (χ2v) is 4.87. The van der Waals surface area contributed by atoms with Crippen LogP contribution in [0.4, 0.5) is 5.69 Å². The number of fused-ring (bicyclic) bond motifs is 1. The van der Waals surface area contributed by atoms with Gasteiger partial charge in [-0.25, -0.2) is 14.8 Å². The van der Waals surface area contributed by atoms with Gasteiger partial charge in [0.2, 0.25) is 0 Å². The topological polar surface area (TPSA) is 94.3 Å². The van der Waals surface area contributed by atoms with Crippen molar-refractivity contribution in [1.82, 2.24) is 9.97 Å². The van der Waals surface area contributed by atoms with Crippen LogP contribution in [0.25, 0.3) is 11.0 Å². The van der Waals surface area contributed by atoms with E-state index in [-0.39, 0.29) is 17.5 Å². The fourth-order valence-corrected chi connectivity index (χ4v) is 2.14. The Hall–Kier alpha value is -3.22. The molecule has 3 rings (SSSR count). The molecule has 0 saturated heterocycles. The molecule has 7 heteroatoms. The number of hydrogen-bond acceptors (Lipinski definition) is 6. The number of rotatable bonds is 3. The van der Waals surface area contributed by atoms with Crippen LogP contribution in [0.5, 0.6) is 6.01 Å². The number of ether oxygens (including phenoxy) is 1. The number of aromatic nitrogens is 2. The van der Waals surface area contributed by atoms with Gasteiger partial charge in [-0.3, -0.25) is 4.79 Å². The molecule has 0 bridgehead atoms. The fraction of sp³-hybridized carbons (Fsp3) is 0.125. The average molecular weight is 311 g/mol. The molecule has 0 atom stereocenters. The number of benzene rings is 1. The highest BCUT2D eigenvalue weighted by Gasteiger charge is 2.09. The van der Waals surface area contributed by atoms with Crippen LogP contribution in [0.15, 0.2) is 45.9 Å². The number of hydrogen-bond donors (Lipinski definition) is 1. The van der Waals surface area contributed by atoms with Crippen molar-refractivity contribution in [3.05, 3.63) is 58.2 Å². The van der Waals surface area contributed by atoms with E-state index in [4.69, 9.17) is 9.15 Å². The van der Waals surface area contributed by atoms with Gasteiger partial charge in [-0.2, -0.15) is 0 Å². The Morgan fingerprint density at radius 3 is 2.65 bits per heavy atom. The van der Waals surface area contributed by atoms with E-state index >= 15 is 0 Å². The highest BCUT2D eigenvalue weighted by Crippen LogP contribution is 2.21. The average Bonchev–Trinajstić information content (AvgIpc) is 2.54. The van der Waals surface area contributed by atoms with E-state index in [2.05, 4.69) is 15.3 Å². The third kappa shape index (κ3) is 3.03. The van der Waals surface area contributed by atoms with Crippen molar-refractivity contribution in [2.24, 2.45) is 0 Å². The molecule has 1 N–H and O–H groups in total. The molecule has 23 heavy (non-hydrogen) atoms. The molecule has 0 aliphatic carbocycles. The molecular weight excluding hydrogens is 298 g/mol. The largest absolute Gasteiger partial charge is 0.467 e. The number of nitrogens with zero attached hydrogens (tertiary/aromatic N) is 2. The molecular formula is C16H13N3O4. The maximum absolute atomic E-state index is 12.2. The monoisotopic (exact) mass is 311 g/mol. The Labute approximate surface area is 130 Å². The van der Waals surface area contributed by atoms with E-state index in [0.29, 0.717) is 11.3 Å². The number of carbonyl (C=O) groups is 1. The van der Waals surface area contributed by atoms with E-state index in [0.717, 1.165) is 10.9 Å². The first-order valence-corrected chi connectivity index (χ1v) is 6.79. The summed E-state index contributed by atoms with van der Waals surface area (Å²) in [7, 11) is 1.44. The third-order valence-electron chi connectivity index (χ3n) is 3.28. The first-order chi connectivity index (χ1) is 11.1. The zero-order valence-electron chi connectivity index (χ0n) is 12.5. The first kappa shape index (κ1) is 14.7. The number of carbonyl (C=O) groups excluding carboxylic acids is 1. The quantitative estimate of drug-likeness (QED) is 0.745. The van der Waals surface area contributed by atoms with Gasteiger partial charge in [-0.1, -0.05) is 0 Å². The van der Waals surface area contributed by atoms with Crippen molar-refractivity contribution >= 4 is 22.6 Å². The molecule has 1 aromatic carbocycles. The number of nitrogens with one attached hydrogen (secondary N) is 1. The van der Waals surface area contributed by atoms with Crippen LogP contribution in [0.2, 0.25) is 0 Å². The summed E-state index contributed by atoms with van der Waals surface area (Å²) in [6, 6.07) is 6.73. The summed E-state index contributed by atoms with van der Waals surface area (Å²) in [6.07, 6.45) is 2.74. The van der Waals surface area contributed by atoms with Gasteiger partial charge in [-0.15, -0.1) is 0 Å². The minimum Gasteiger partial charge on any atom is -0.467 e. The predicted molar refractivity (Wildman–Crippen MR) is 83.8 cm³/mol. The summed E-state index contributed by atoms with van der Waals surface area (Å²) in [5.74, 6) is -0.373. The van der Waals surface area contributed by atoms with Crippen molar-refractivity contribution in [3.63, 3.8) is 0 Å². The number of amides is 1. The van der Waals surface area contributed by atoms with Crippen LogP contribution in [-0.4, -0.2) is 23.0 Å². The van der Waals surface area contributed by atoms with Gasteiger partial charge in [-0.05, 0) is 24.6 Å². The standard InChI is InChI=1S/C16H13N3O4/c1-9-5-14(20)23-13-6-11(3-4-12(9)13)19-15(21)10-7-17-16(22-2)18-8-10/h3-8H,1-2H3,(H,19,21). The lowest BCUT2D eigenvalue weighted by molar-refractivity contribution is 0.102. The molecule has 0 radical (unpaired) electrons. The Morgan fingerprint density at radius 2 is 1.96 bits per heavy atom. The highest BCUT2D eigenvalue weighted by molar-refractivity contribution is 6.04. The van der Waals surface area contributed by atoms with Crippen LogP contribution < -0.4 is 15.7 Å². The fourth-order valence-electron chi connectivity index (χ4n) is 2.14. The molecule has 3 aromatic rings. The molecule has 0 unspecified atom stereocenters. The summed E-state index contributed by atoms with van der Waals surface area (Å²) < 4.78 is 9.99. The minimum absolute atomic E-state index is 0.185. The molecule has 1 amide bonds. The van der Waals surface area contributed by atoms with Gasteiger partial charge in [0.1, 0.15) is 5.58 Å². The molecule has 0 saturated carbocycles. The van der Waals surface area contributed by atoms with Crippen LogP contribution >= 0.6 is 0 Å². The van der Waals surface area contributed by atoms with Crippen LogP contribution in [0, 0.1) is 6.92 Å². The molecule has 116 valence electrons. The maximum Gasteiger partial charge on any atom is 0.336 e. The van der Waals surface area contributed by atoms with Crippen molar-refractivity contribution in [2.45, 2.75) is 6.92 Å². The van der Waals surface area contributed by atoms with E-state index in [1.165, 1.54) is 25.6 Å². The molecule has 0 spiro atoms. The van der Waals surface area contributed by atoms with Crippen LogP contribution in [-0.2, 0) is 0 Å². The SMILES string of the molecule is COc1ncc(C(=O)Nc2ccc3c(C)cc(=O)oc3c2)cn1. The lowest BCUT2D eigenvalue weighted by atomic mass is 10.1. The van der Waals surface area contributed by atoms with Gasteiger partial charge in [0.25, 0.3) is 5.91 Å². The van der Waals surface area contributed by atoms with Crippen molar-refractivity contribution in [2.75, 3.05) is 12.4 Å². The molecule has 0 fully saturated rings. The van der Waals surface area contributed by atoms with E-state index in [1.807, 2.05) is 6.92 Å².